The summed E-state index contributed by atoms with van der Waals surface area (Å²) in [6.45, 7) is 4.53. The van der Waals surface area contributed by atoms with Gasteiger partial charge in [0.1, 0.15) is 0 Å². The average molecular weight is 304 g/mol. The van der Waals surface area contributed by atoms with Gasteiger partial charge in [-0.1, -0.05) is 30.3 Å². The Balaban J connectivity index is 1.67. The third-order valence-corrected chi connectivity index (χ3v) is 4.73. The van der Waals surface area contributed by atoms with Crippen molar-refractivity contribution in [1.29, 1.82) is 0 Å². The summed E-state index contributed by atoms with van der Waals surface area (Å²) in [6.07, 6.45) is 1.95. The smallest absolute Gasteiger partial charge is 0.161 e. The Bertz CT molecular complexity index is 893. The molecule has 0 N–H and O–H groups in total. The van der Waals surface area contributed by atoms with Crippen LogP contribution in [0.2, 0.25) is 0 Å². The van der Waals surface area contributed by atoms with Crippen molar-refractivity contribution in [2.24, 2.45) is 7.05 Å². The molecule has 0 unspecified atom stereocenters. The Morgan fingerprint density at radius 3 is 2.48 bits per heavy atom. The number of rotatable bonds is 3. The summed E-state index contributed by atoms with van der Waals surface area (Å²) >= 11 is 0. The molecule has 4 rings (SSSR count). The Labute approximate surface area is 136 Å². The molecule has 23 heavy (non-hydrogen) atoms. The number of ketones is 1. The second-order valence-electron chi connectivity index (χ2n) is 6.48. The van der Waals surface area contributed by atoms with Crippen LogP contribution in [0.3, 0.4) is 0 Å². The van der Waals surface area contributed by atoms with E-state index in [0.29, 0.717) is 0 Å². The highest BCUT2D eigenvalue weighted by Gasteiger charge is 2.22. The minimum absolute atomic E-state index is 0.134. The third kappa shape index (κ3) is 2.47. The molecule has 116 valence electrons. The lowest BCUT2D eigenvalue weighted by Gasteiger charge is -2.14. The van der Waals surface area contributed by atoms with Gasteiger partial charge < -0.3 is 4.57 Å². The maximum Gasteiger partial charge on any atom is 0.161 e. The van der Waals surface area contributed by atoms with Gasteiger partial charge in [0.2, 0.25) is 0 Å². The van der Waals surface area contributed by atoms with Gasteiger partial charge in [0, 0.05) is 49.3 Å². The first-order valence-corrected chi connectivity index (χ1v) is 8.00. The zero-order chi connectivity index (χ0) is 16.0. The van der Waals surface area contributed by atoms with Crippen LogP contribution in [0.1, 0.15) is 34.0 Å². The van der Waals surface area contributed by atoms with Crippen molar-refractivity contribution in [3.05, 3.63) is 70.9 Å². The first-order chi connectivity index (χ1) is 11.1. The lowest BCUT2D eigenvalue weighted by atomic mass is 10.0. The van der Waals surface area contributed by atoms with Gasteiger partial charge in [-0.05, 0) is 35.7 Å². The van der Waals surface area contributed by atoms with Crippen LogP contribution in [0, 0.1) is 0 Å². The molecule has 2 heterocycles. The predicted octanol–water partition coefficient (Wildman–Crippen LogP) is 3.90. The molecule has 0 aliphatic carbocycles. The second kappa shape index (κ2) is 5.36. The number of nitrogens with zero attached hydrogens (tertiary/aromatic N) is 2. The number of benzene rings is 2. The van der Waals surface area contributed by atoms with Gasteiger partial charge in [-0.15, -0.1) is 0 Å². The van der Waals surface area contributed by atoms with E-state index in [1.165, 1.54) is 16.7 Å². The fraction of sp³-hybridized carbons (Fsp3) is 0.250. The van der Waals surface area contributed by atoms with Crippen molar-refractivity contribution >= 4 is 16.7 Å². The molecule has 0 saturated heterocycles. The molecule has 1 aromatic heterocycles. The van der Waals surface area contributed by atoms with Crippen molar-refractivity contribution in [2.75, 3.05) is 0 Å². The SMILES string of the molecule is CC(=O)c1cn(C)c2cc3c(cc12)CN(Cc1ccccc1)C3. The van der Waals surface area contributed by atoms with E-state index in [-0.39, 0.29) is 5.78 Å². The monoisotopic (exact) mass is 304 g/mol. The van der Waals surface area contributed by atoms with Crippen LogP contribution in [0.25, 0.3) is 10.9 Å². The zero-order valence-corrected chi connectivity index (χ0v) is 13.5. The summed E-state index contributed by atoms with van der Waals surface area (Å²) in [5.41, 5.74) is 6.04. The molecular formula is C20H20N2O. The molecule has 0 fully saturated rings. The van der Waals surface area contributed by atoms with E-state index in [1.54, 1.807) is 6.92 Å². The van der Waals surface area contributed by atoms with Crippen molar-refractivity contribution in [3.63, 3.8) is 0 Å². The normalized spacial score (nSPS) is 14.3. The molecule has 0 atom stereocenters. The van der Waals surface area contributed by atoms with Crippen LogP contribution in [0.4, 0.5) is 0 Å². The maximum absolute atomic E-state index is 11.9. The number of hydrogen-bond donors (Lipinski definition) is 0. The van der Waals surface area contributed by atoms with Gasteiger partial charge >= 0.3 is 0 Å². The van der Waals surface area contributed by atoms with E-state index >= 15 is 0 Å². The van der Waals surface area contributed by atoms with Gasteiger partial charge in [-0.2, -0.15) is 0 Å². The molecule has 3 aromatic rings. The lowest BCUT2D eigenvalue weighted by molar-refractivity contribution is 0.101. The van der Waals surface area contributed by atoms with Crippen molar-refractivity contribution in [1.82, 2.24) is 9.47 Å². The highest BCUT2D eigenvalue weighted by Crippen LogP contribution is 2.31. The van der Waals surface area contributed by atoms with E-state index in [0.717, 1.165) is 36.1 Å². The van der Waals surface area contributed by atoms with E-state index in [4.69, 9.17) is 0 Å². The van der Waals surface area contributed by atoms with Crippen LogP contribution in [0.5, 0.6) is 0 Å². The molecule has 3 heteroatoms. The quantitative estimate of drug-likeness (QED) is 0.686. The molecule has 1 aliphatic heterocycles. The number of aromatic nitrogens is 1. The van der Waals surface area contributed by atoms with Crippen molar-refractivity contribution in [3.8, 4) is 0 Å². The Morgan fingerprint density at radius 2 is 1.78 bits per heavy atom. The summed E-state index contributed by atoms with van der Waals surface area (Å²) in [4.78, 5) is 14.3. The first-order valence-electron chi connectivity index (χ1n) is 8.00. The topological polar surface area (TPSA) is 25.2 Å². The van der Waals surface area contributed by atoms with Gasteiger partial charge in [0.05, 0.1) is 0 Å². The molecule has 0 saturated carbocycles. The Morgan fingerprint density at radius 1 is 1.09 bits per heavy atom. The van der Waals surface area contributed by atoms with E-state index in [9.17, 15) is 4.79 Å². The number of fused-ring (bicyclic) bond motifs is 2. The van der Waals surface area contributed by atoms with Crippen molar-refractivity contribution in [2.45, 2.75) is 26.6 Å². The van der Waals surface area contributed by atoms with Gasteiger partial charge in [-0.3, -0.25) is 9.69 Å². The highest BCUT2D eigenvalue weighted by molar-refractivity contribution is 6.07. The van der Waals surface area contributed by atoms with Gasteiger partial charge in [0.25, 0.3) is 0 Å². The Hall–Kier alpha value is -2.39. The molecule has 0 bridgehead atoms. The van der Waals surface area contributed by atoms with Crippen LogP contribution < -0.4 is 0 Å². The fourth-order valence-electron chi connectivity index (χ4n) is 3.58. The Kier molecular flexibility index (Phi) is 3.31. The summed E-state index contributed by atoms with van der Waals surface area (Å²) in [5, 5.41) is 1.08. The largest absolute Gasteiger partial charge is 0.350 e. The minimum atomic E-state index is 0.134. The van der Waals surface area contributed by atoms with E-state index in [1.807, 2.05) is 13.2 Å². The van der Waals surface area contributed by atoms with Gasteiger partial charge in [-0.25, -0.2) is 0 Å². The summed E-state index contributed by atoms with van der Waals surface area (Å²) in [7, 11) is 2.01. The lowest BCUT2D eigenvalue weighted by Crippen LogP contribution is -2.15. The number of Topliss-reactive ketones (excluding diaryl/α,β-unsaturated/α-hetero) is 1. The van der Waals surface area contributed by atoms with E-state index < -0.39 is 0 Å². The molecule has 0 amide bonds. The summed E-state index contributed by atoms with van der Waals surface area (Å²) in [6, 6.07) is 15.0. The summed E-state index contributed by atoms with van der Waals surface area (Å²) in [5.74, 6) is 0.134. The van der Waals surface area contributed by atoms with Gasteiger partial charge in [0.15, 0.2) is 5.78 Å². The van der Waals surface area contributed by atoms with Crippen LogP contribution in [-0.4, -0.2) is 15.3 Å². The van der Waals surface area contributed by atoms with Crippen LogP contribution in [-0.2, 0) is 26.7 Å². The average Bonchev–Trinajstić information content (AvgIpc) is 3.07. The predicted molar refractivity (Wildman–Crippen MR) is 92.3 cm³/mol. The standard InChI is InChI=1S/C20H20N2O/c1-14(23)19-13-21(2)20-9-17-12-22(11-16(17)8-18(19)20)10-15-6-4-3-5-7-15/h3-9,13H,10-12H2,1-2H3. The van der Waals surface area contributed by atoms with E-state index in [2.05, 4.69) is 51.9 Å². The third-order valence-electron chi connectivity index (χ3n) is 4.73. The number of hydrogen-bond acceptors (Lipinski definition) is 2. The molecule has 0 spiro atoms. The zero-order valence-electron chi connectivity index (χ0n) is 13.5. The number of aryl methyl sites for hydroxylation is 1. The second-order valence-corrected chi connectivity index (χ2v) is 6.48. The molecule has 1 aliphatic rings. The van der Waals surface area contributed by atoms with Crippen molar-refractivity contribution < 1.29 is 4.79 Å². The van der Waals surface area contributed by atoms with Crippen LogP contribution in [0.15, 0.2) is 48.7 Å². The summed E-state index contributed by atoms with van der Waals surface area (Å²) < 4.78 is 2.06. The number of carbonyl (C=O) groups excluding carboxylic acids is 1. The number of carbonyl (C=O) groups is 1. The molecule has 0 radical (unpaired) electrons. The minimum Gasteiger partial charge on any atom is -0.350 e. The maximum atomic E-state index is 11.9. The molecular weight excluding hydrogens is 284 g/mol. The molecule has 3 nitrogen and oxygen atoms in total. The highest BCUT2D eigenvalue weighted by atomic mass is 16.1. The molecule has 2 aromatic carbocycles. The first kappa shape index (κ1) is 14.2. The van der Waals surface area contributed by atoms with Crippen LogP contribution >= 0.6 is 0 Å². The fourth-order valence-corrected chi connectivity index (χ4v) is 3.58.